The van der Waals surface area contributed by atoms with Crippen LogP contribution in [0, 0.1) is 5.41 Å². The van der Waals surface area contributed by atoms with Crippen LogP contribution in [0.1, 0.15) is 23.1 Å². The first-order chi connectivity index (χ1) is 16.7. The normalized spacial score (nSPS) is 15.5. The monoisotopic (exact) mass is 484 g/mol. The van der Waals surface area contributed by atoms with E-state index in [-0.39, 0.29) is 23.3 Å². The van der Waals surface area contributed by atoms with Crippen molar-refractivity contribution in [1.29, 1.82) is 5.41 Å². The second-order valence-corrected chi connectivity index (χ2v) is 7.93. The molecule has 2 heterocycles. The zero-order valence-corrected chi connectivity index (χ0v) is 18.4. The zero-order valence-electron chi connectivity index (χ0n) is 18.4. The first kappa shape index (κ1) is 24.0. The Kier molecular flexibility index (Phi) is 6.82. The van der Waals surface area contributed by atoms with Crippen LogP contribution < -0.4 is 27.0 Å². The molecule has 1 unspecified atom stereocenters. The van der Waals surface area contributed by atoms with Gasteiger partial charge in [0.15, 0.2) is 0 Å². The van der Waals surface area contributed by atoms with E-state index >= 15 is 0 Å². The summed E-state index contributed by atoms with van der Waals surface area (Å²) in [6.45, 7) is 1.67. The van der Waals surface area contributed by atoms with Crippen molar-refractivity contribution in [3.63, 3.8) is 0 Å². The Hall–Kier alpha value is -4.19. The molecule has 2 aromatic carbocycles. The largest absolute Gasteiger partial charge is 0.416 e. The summed E-state index contributed by atoms with van der Waals surface area (Å²) < 4.78 is 38.6. The lowest BCUT2D eigenvalue weighted by atomic mass is 10.0. The standard InChI is InChI=1S/C23H23F3N8O/c24-23(25,26)14-2-1-3-16(10-14)34-22(35)33-15-6-4-13(5-7-15)19(27)18-20(28)30-12-31-21(18)32-17-8-9-29-11-17/h1-7,10,12,17,27,29H,8-9,11H2,(H2,33,34,35)(H3,28,30,31,32). The Labute approximate surface area is 198 Å². The molecule has 3 aromatic rings. The number of urea groups is 1. The van der Waals surface area contributed by atoms with Crippen LogP contribution in [-0.2, 0) is 6.18 Å². The first-order valence-electron chi connectivity index (χ1n) is 10.7. The Bertz CT molecular complexity index is 1220. The number of hydrogen-bond donors (Lipinski definition) is 6. The third-order valence-electron chi connectivity index (χ3n) is 5.41. The van der Waals surface area contributed by atoms with E-state index in [0.29, 0.717) is 22.6 Å². The van der Waals surface area contributed by atoms with Crippen LogP contribution in [0.4, 0.5) is 41.0 Å². The van der Waals surface area contributed by atoms with E-state index in [1.165, 1.54) is 18.5 Å². The van der Waals surface area contributed by atoms with Crippen molar-refractivity contribution in [2.45, 2.75) is 18.6 Å². The van der Waals surface area contributed by atoms with Crippen molar-refractivity contribution >= 4 is 34.8 Å². The van der Waals surface area contributed by atoms with Crippen molar-refractivity contribution in [2.75, 3.05) is 34.8 Å². The lowest BCUT2D eigenvalue weighted by molar-refractivity contribution is -0.137. The molecule has 4 rings (SSSR count). The number of rotatable bonds is 6. The predicted molar refractivity (Wildman–Crippen MR) is 128 cm³/mol. The number of amides is 2. The van der Waals surface area contributed by atoms with Crippen LogP contribution in [0.5, 0.6) is 0 Å². The van der Waals surface area contributed by atoms with Gasteiger partial charge in [-0.3, -0.25) is 5.41 Å². The number of carbonyl (C=O) groups excluding carboxylic acids is 1. The molecule has 7 N–H and O–H groups in total. The van der Waals surface area contributed by atoms with Crippen molar-refractivity contribution in [1.82, 2.24) is 15.3 Å². The molecule has 182 valence electrons. The van der Waals surface area contributed by atoms with Gasteiger partial charge in [0.05, 0.1) is 16.8 Å². The first-order valence-corrected chi connectivity index (χ1v) is 10.7. The van der Waals surface area contributed by atoms with E-state index in [4.69, 9.17) is 11.1 Å². The highest BCUT2D eigenvalue weighted by molar-refractivity contribution is 6.16. The van der Waals surface area contributed by atoms with Gasteiger partial charge in [0, 0.05) is 29.5 Å². The van der Waals surface area contributed by atoms with Crippen LogP contribution in [0.25, 0.3) is 0 Å². The minimum Gasteiger partial charge on any atom is -0.383 e. The fourth-order valence-corrected chi connectivity index (χ4v) is 3.66. The molecule has 0 bridgehead atoms. The van der Waals surface area contributed by atoms with Crippen LogP contribution in [-0.4, -0.2) is 40.8 Å². The van der Waals surface area contributed by atoms with Crippen molar-refractivity contribution < 1.29 is 18.0 Å². The molecular weight excluding hydrogens is 461 g/mol. The molecule has 1 aromatic heterocycles. The number of benzene rings is 2. The molecule has 0 spiro atoms. The maximum Gasteiger partial charge on any atom is 0.416 e. The lowest BCUT2D eigenvalue weighted by Gasteiger charge is -2.17. The number of nitrogens with zero attached hydrogens (tertiary/aromatic N) is 2. The number of alkyl halides is 3. The SMILES string of the molecule is N=C(c1ccc(NC(=O)Nc2cccc(C(F)(F)F)c2)cc1)c1c(N)ncnc1NC1CCNC1. The number of nitrogen functional groups attached to an aromatic ring is 1. The number of aromatic nitrogens is 2. The number of anilines is 4. The quantitative estimate of drug-likeness (QED) is 0.293. The number of halogens is 3. The number of nitrogens with two attached hydrogens (primary N) is 1. The third-order valence-corrected chi connectivity index (χ3v) is 5.41. The van der Waals surface area contributed by atoms with E-state index in [0.717, 1.165) is 31.6 Å². The number of hydrogen-bond acceptors (Lipinski definition) is 7. The molecule has 1 saturated heterocycles. The van der Waals surface area contributed by atoms with E-state index < -0.39 is 17.8 Å². The Balaban J connectivity index is 1.44. The molecule has 1 aliphatic rings. The molecule has 0 radical (unpaired) electrons. The summed E-state index contributed by atoms with van der Waals surface area (Å²) in [5, 5.41) is 20.1. The van der Waals surface area contributed by atoms with Crippen molar-refractivity contribution in [2.24, 2.45) is 0 Å². The second kappa shape index (κ2) is 9.97. The molecule has 2 amide bonds. The maximum absolute atomic E-state index is 12.9. The smallest absolute Gasteiger partial charge is 0.383 e. The van der Waals surface area contributed by atoms with E-state index in [9.17, 15) is 18.0 Å². The molecule has 1 aliphatic heterocycles. The van der Waals surface area contributed by atoms with Crippen LogP contribution >= 0.6 is 0 Å². The van der Waals surface area contributed by atoms with Crippen LogP contribution in [0.15, 0.2) is 54.9 Å². The van der Waals surface area contributed by atoms with Gasteiger partial charge < -0.3 is 27.0 Å². The van der Waals surface area contributed by atoms with Gasteiger partial charge in [0.1, 0.15) is 18.0 Å². The lowest BCUT2D eigenvalue weighted by Crippen LogP contribution is -2.25. The number of carbonyl (C=O) groups is 1. The van der Waals surface area contributed by atoms with Gasteiger partial charge in [0.2, 0.25) is 0 Å². The zero-order chi connectivity index (χ0) is 25.0. The highest BCUT2D eigenvalue weighted by atomic mass is 19.4. The summed E-state index contributed by atoms with van der Waals surface area (Å²) in [5.41, 5.74) is 6.59. The Morgan fingerprint density at radius 1 is 1.09 bits per heavy atom. The van der Waals surface area contributed by atoms with Crippen LogP contribution in [0.3, 0.4) is 0 Å². The minimum absolute atomic E-state index is 0.00719. The fraction of sp³-hybridized carbons (Fsp3) is 0.217. The molecule has 1 fully saturated rings. The summed E-state index contributed by atoms with van der Waals surface area (Å²) in [6.07, 6.45) is -2.25. The summed E-state index contributed by atoms with van der Waals surface area (Å²) in [7, 11) is 0. The van der Waals surface area contributed by atoms with Gasteiger partial charge in [-0.05, 0) is 43.3 Å². The van der Waals surface area contributed by atoms with Crippen molar-refractivity contribution in [3.05, 3.63) is 71.5 Å². The summed E-state index contributed by atoms with van der Waals surface area (Å²) >= 11 is 0. The highest BCUT2D eigenvalue weighted by Crippen LogP contribution is 2.30. The molecule has 0 aliphatic carbocycles. The van der Waals surface area contributed by atoms with Crippen LogP contribution in [0.2, 0.25) is 0 Å². The van der Waals surface area contributed by atoms with Gasteiger partial charge in [-0.2, -0.15) is 13.2 Å². The predicted octanol–water partition coefficient (Wildman–Crippen LogP) is 3.91. The van der Waals surface area contributed by atoms with Gasteiger partial charge in [0.25, 0.3) is 0 Å². The molecule has 9 nitrogen and oxygen atoms in total. The average Bonchev–Trinajstić information content (AvgIpc) is 3.32. The van der Waals surface area contributed by atoms with Gasteiger partial charge in [-0.25, -0.2) is 14.8 Å². The van der Waals surface area contributed by atoms with Crippen molar-refractivity contribution in [3.8, 4) is 0 Å². The topological polar surface area (TPSA) is 141 Å². The van der Waals surface area contributed by atoms with Gasteiger partial charge >= 0.3 is 12.2 Å². The highest BCUT2D eigenvalue weighted by Gasteiger charge is 2.30. The maximum atomic E-state index is 12.9. The van der Waals surface area contributed by atoms with E-state index in [1.54, 1.807) is 24.3 Å². The Morgan fingerprint density at radius 3 is 2.51 bits per heavy atom. The molecular formula is C23H23F3N8O. The molecule has 1 atom stereocenters. The Morgan fingerprint density at radius 2 is 1.83 bits per heavy atom. The summed E-state index contributed by atoms with van der Waals surface area (Å²) in [5.74, 6) is 0.639. The fourth-order valence-electron chi connectivity index (χ4n) is 3.66. The molecule has 0 saturated carbocycles. The minimum atomic E-state index is -4.51. The van der Waals surface area contributed by atoms with Gasteiger partial charge in [-0.15, -0.1) is 0 Å². The third kappa shape index (κ3) is 5.84. The second-order valence-electron chi connectivity index (χ2n) is 7.93. The van der Waals surface area contributed by atoms with Gasteiger partial charge in [-0.1, -0.05) is 18.2 Å². The molecule has 35 heavy (non-hydrogen) atoms. The average molecular weight is 484 g/mol. The molecule has 12 heteroatoms. The summed E-state index contributed by atoms with van der Waals surface area (Å²) in [6, 6.07) is 10.2. The van der Waals surface area contributed by atoms with E-state index in [1.807, 2.05) is 0 Å². The summed E-state index contributed by atoms with van der Waals surface area (Å²) in [4.78, 5) is 20.5. The van der Waals surface area contributed by atoms with E-state index in [2.05, 4.69) is 31.2 Å². The number of nitrogens with one attached hydrogen (secondary N) is 5.